The molecule has 0 spiro atoms. The summed E-state index contributed by atoms with van der Waals surface area (Å²) in [5, 5.41) is 9.36. The highest BCUT2D eigenvalue weighted by Gasteiger charge is 2.39. The molecule has 22 heavy (non-hydrogen) atoms. The molecule has 0 saturated carbocycles. The van der Waals surface area contributed by atoms with E-state index in [1.165, 1.54) is 6.26 Å². The van der Waals surface area contributed by atoms with Crippen LogP contribution < -0.4 is 4.90 Å². The fourth-order valence-corrected chi connectivity index (χ4v) is 3.72. The Hall–Kier alpha value is -1.63. The first kappa shape index (κ1) is 16.7. The van der Waals surface area contributed by atoms with E-state index in [-0.39, 0.29) is 17.6 Å². The first-order chi connectivity index (χ1) is 10.2. The molecule has 2 rings (SSSR count). The molecule has 122 valence electrons. The highest BCUT2D eigenvalue weighted by molar-refractivity contribution is 7.89. The zero-order valence-corrected chi connectivity index (χ0v) is 13.9. The monoisotopic (exact) mass is 326 g/mol. The number of carboxylic acids is 1. The number of pyridine rings is 1. The minimum Gasteiger partial charge on any atom is -0.481 e. The van der Waals surface area contributed by atoms with Crippen LogP contribution in [0.25, 0.3) is 0 Å². The topological polar surface area (TPSA) is 87.6 Å². The van der Waals surface area contributed by atoms with Crippen LogP contribution in [-0.2, 0) is 20.4 Å². The number of anilines is 1. The number of rotatable bonds is 5. The summed E-state index contributed by atoms with van der Waals surface area (Å²) in [7, 11) is -3.08. The van der Waals surface area contributed by atoms with Crippen molar-refractivity contribution < 1.29 is 18.3 Å². The molecule has 0 aliphatic carbocycles. The van der Waals surface area contributed by atoms with Gasteiger partial charge in [-0.15, -0.1) is 0 Å². The molecule has 1 saturated heterocycles. The van der Waals surface area contributed by atoms with E-state index in [1.54, 1.807) is 18.3 Å². The quantitative estimate of drug-likeness (QED) is 0.880. The molecule has 1 aromatic rings. The molecule has 0 aromatic carbocycles. The highest BCUT2D eigenvalue weighted by atomic mass is 32.2. The summed E-state index contributed by atoms with van der Waals surface area (Å²) < 4.78 is 22.5. The molecule has 0 radical (unpaired) electrons. The number of aliphatic carboxylic acids is 1. The van der Waals surface area contributed by atoms with Gasteiger partial charge in [0.2, 0.25) is 0 Å². The Morgan fingerprint density at radius 2 is 2.09 bits per heavy atom. The van der Waals surface area contributed by atoms with Crippen LogP contribution in [0.15, 0.2) is 18.3 Å². The minimum atomic E-state index is -3.08. The van der Waals surface area contributed by atoms with Gasteiger partial charge < -0.3 is 10.0 Å². The molecule has 1 N–H and O–H groups in total. The van der Waals surface area contributed by atoms with Crippen molar-refractivity contribution in [3.8, 4) is 0 Å². The largest absolute Gasteiger partial charge is 0.481 e. The summed E-state index contributed by atoms with van der Waals surface area (Å²) in [6.07, 6.45) is 2.74. The predicted octanol–water partition coefficient (Wildman–Crippen LogP) is 1.42. The number of nitrogens with zero attached hydrogens (tertiary/aromatic N) is 2. The fraction of sp³-hybridized carbons (Fsp3) is 0.600. The maximum Gasteiger partial charge on any atom is 0.308 e. The van der Waals surface area contributed by atoms with Gasteiger partial charge in [0, 0.05) is 25.5 Å². The van der Waals surface area contributed by atoms with Gasteiger partial charge in [0.1, 0.15) is 5.82 Å². The molecule has 1 aliphatic heterocycles. The van der Waals surface area contributed by atoms with Gasteiger partial charge >= 0.3 is 5.97 Å². The van der Waals surface area contributed by atoms with E-state index in [1.807, 2.05) is 18.7 Å². The Kier molecular flexibility index (Phi) is 4.75. The number of hydrogen-bond acceptors (Lipinski definition) is 5. The Morgan fingerprint density at radius 3 is 2.50 bits per heavy atom. The van der Waals surface area contributed by atoms with Gasteiger partial charge in [-0.2, -0.15) is 0 Å². The summed E-state index contributed by atoms with van der Waals surface area (Å²) in [5.74, 6) is -0.114. The summed E-state index contributed by atoms with van der Waals surface area (Å²) in [6.45, 7) is 5.17. The number of aromatic nitrogens is 1. The van der Waals surface area contributed by atoms with Gasteiger partial charge in [0.05, 0.1) is 11.7 Å². The first-order valence-corrected chi connectivity index (χ1v) is 9.34. The summed E-state index contributed by atoms with van der Waals surface area (Å²) in [4.78, 5) is 17.7. The fourth-order valence-electron chi connectivity index (χ4n) is 2.94. The van der Waals surface area contributed by atoms with Gasteiger partial charge in [0.25, 0.3) is 0 Å². The van der Waals surface area contributed by atoms with E-state index in [9.17, 15) is 18.3 Å². The van der Waals surface area contributed by atoms with Gasteiger partial charge in [-0.25, -0.2) is 13.4 Å². The summed E-state index contributed by atoms with van der Waals surface area (Å²) in [6, 6.07) is 3.50. The summed E-state index contributed by atoms with van der Waals surface area (Å²) in [5.41, 5.74) is 0.639. The smallest absolute Gasteiger partial charge is 0.308 e. The van der Waals surface area contributed by atoms with E-state index in [0.717, 1.165) is 0 Å². The predicted molar refractivity (Wildman–Crippen MR) is 84.5 cm³/mol. The molecule has 1 fully saturated rings. The lowest BCUT2D eigenvalue weighted by molar-refractivity contribution is -0.142. The molecule has 2 heterocycles. The zero-order chi connectivity index (χ0) is 16.5. The Bertz CT molecular complexity index is 640. The average molecular weight is 326 g/mol. The van der Waals surface area contributed by atoms with E-state index in [2.05, 4.69) is 4.98 Å². The number of carbonyl (C=O) groups is 1. The number of carboxylic acid groups (broad SMARTS) is 1. The lowest BCUT2D eigenvalue weighted by Crippen LogP contribution is -2.25. The molecule has 2 atom stereocenters. The third-order valence-electron chi connectivity index (χ3n) is 4.10. The van der Waals surface area contributed by atoms with Crippen molar-refractivity contribution in [2.24, 2.45) is 17.8 Å². The maximum atomic E-state index is 11.4. The lowest BCUT2D eigenvalue weighted by atomic mass is 9.86. The van der Waals surface area contributed by atoms with Crippen molar-refractivity contribution in [2.75, 3.05) is 24.2 Å². The normalized spacial score (nSPS) is 22.3. The molecule has 1 aromatic heterocycles. The molecule has 6 nitrogen and oxygen atoms in total. The van der Waals surface area contributed by atoms with E-state index in [0.29, 0.717) is 24.5 Å². The standard InChI is InChI=1S/C15H22N2O4S/c1-10(2)12-7-17(8-13(12)15(18)19)14-5-4-11(6-16-14)9-22(3,20)21/h4-6,10,12-13H,7-9H2,1-3H3,(H,18,19)/t12-,13+/m0/s1. The van der Waals surface area contributed by atoms with E-state index < -0.39 is 21.7 Å². The van der Waals surface area contributed by atoms with Crippen molar-refractivity contribution >= 4 is 21.6 Å². The van der Waals surface area contributed by atoms with Gasteiger partial charge in [-0.05, 0) is 23.5 Å². The Morgan fingerprint density at radius 1 is 1.41 bits per heavy atom. The van der Waals surface area contributed by atoms with Crippen molar-refractivity contribution in [1.29, 1.82) is 0 Å². The minimum absolute atomic E-state index is 0.0351. The SMILES string of the molecule is CC(C)[C@@H]1CN(c2ccc(CS(C)(=O)=O)cn2)C[C@H]1C(=O)O. The second-order valence-electron chi connectivity index (χ2n) is 6.35. The van der Waals surface area contributed by atoms with Crippen LogP contribution >= 0.6 is 0 Å². The molecular formula is C15H22N2O4S. The second-order valence-corrected chi connectivity index (χ2v) is 8.49. The van der Waals surface area contributed by atoms with Crippen LogP contribution in [0, 0.1) is 17.8 Å². The van der Waals surface area contributed by atoms with Crippen molar-refractivity contribution in [3.63, 3.8) is 0 Å². The molecule has 0 amide bonds. The molecular weight excluding hydrogens is 304 g/mol. The Balaban J connectivity index is 2.14. The van der Waals surface area contributed by atoms with Gasteiger partial charge in [-0.1, -0.05) is 19.9 Å². The van der Waals surface area contributed by atoms with Crippen molar-refractivity contribution in [3.05, 3.63) is 23.9 Å². The van der Waals surface area contributed by atoms with Gasteiger partial charge in [0.15, 0.2) is 9.84 Å². The van der Waals surface area contributed by atoms with Crippen molar-refractivity contribution in [1.82, 2.24) is 4.98 Å². The van der Waals surface area contributed by atoms with Crippen LogP contribution in [-0.4, -0.2) is 43.8 Å². The third-order valence-corrected chi connectivity index (χ3v) is 4.96. The van der Waals surface area contributed by atoms with Crippen LogP contribution in [0.3, 0.4) is 0 Å². The first-order valence-electron chi connectivity index (χ1n) is 7.28. The van der Waals surface area contributed by atoms with Gasteiger partial charge in [-0.3, -0.25) is 4.79 Å². The third kappa shape index (κ3) is 3.97. The molecule has 0 unspecified atom stereocenters. The average Bonchev–Trinajstić information content (AvgIpc) is 2.83. The maximum absolute atomic E-state index is 11.4. The number of sulfone groups is 1. The molecule has 1 aliphatic rings. The lowest BCUT2D eigenvalue weighted by Gasteiger charge is -2.19. The van der Waals surface area contributed by atoms with Crippen LogP contribution in [0.2, 0.25) is 0 Å². The van der Waals surface area contributed by atoms with Crippen LogP contribution in [0.4, 0.5) is 5.82 Å². The van der Waals surface area contributed by atoms with E-state index >= 15 is 0 Å². The van der Waals surface area contributed by atoms with Crippen LogP contribution in [0.5, 0.6) is 0 Å². The second kappa shape index (κ2) is 6.24. The highest BCUT2D eigenvalue weighted by Crippen LogP contribution is 2.32. The zero-order valence-electron chi connectivity index (χ0n) is 13.1. The van der Waals surface area contributed by atoms with E-state index in [4.69, 9.17) is 0 Å². The van der Waals surface area contributed by atoms with Crippen molar-refractivity contribution in [2.45, 2.75) is 19.6 Å². The molecule has 0 bridgehead atoms. The summed E-state index contributed by atoms with van der Waals surface area (Å²) >= 11 is 0. The number of hydrogen-bond donors (Lipinski definition) is 1. The van der Waals surface area contributed by atoms with Crippen LogP contribution in [0.1, 0.15) is 19.4 Å². The Labute approximate surface area is 131 Å². The molecule has 7 heteroatoms.